The molecule has 4 fully saturated rings. The number of carbonyl (C=O) groups excluding carboxylic acids is 3. The van der Waals surface area contributed by atoms with E-state index in [1.165, 1.54) is 26.2 Å². The number of ketones is 2. The lowest BCUT2D eigenvalue weighted by Crippen LogP contribution is -2.54. The molecule has 0 spiro atoms. The Bertz CT molecular complexity index is 670. The molecule has 7 unspecified atom stereocenters. The summed E-state index contributed by atoms with van der Waals surface area (Å²) in [4.78, 5) is 35.7. The van der Waals surface area contributed by atoms with Crippen molar-refractivity contribution in [1.29, 1.82) is 0 Å². The molecule has 0 bridgehead atoms. The van der Waals surface area contributed by atoms with Crippen LogP contribution in [0.2, 0.25) is 0 Å². The van der Waals surface area contributed by atoms with Crippen molar-refractivity contribution in [2.75, 3.05) is 0 Å². The third kappa shape index (κ3) is 3.25. The predicted octanol–water partition coefficient (Wildman–Crippen LogP) is 4.88. The smallest absolute Gasteiger partial charge is 0.306 e. The molecule has 0 heterocycles. The molecule has 4 saturated carbocycles. The summed E-state index contributed by atoms with van der Waals surface area (Å²) in [7, 11) is 0. The van der Waals surface area contributed by atoms with E-state index in [0.29, 0.717) is 29.0 Å². The first kappa shape index (κ1) is 20.1. The lowest BCUT2D eigenvalue weighted by Gasteiger charge is -2.60. The van der Waals surface area contributed by atoms with Gasteiger partial charge in [0, 0.05) is 18.3 Å². The van der Waals surface area contributed by atoms with Crippen LogP contribution in [-0.4, -0.2) is 23.6 Å². The van der Waals surface area contributed by atoms with Gasteiger partial charge in [0.15, 0.2) is 0 Å². The van der Waals surface area contributed by atoms with Gasteiger partial charge >= 0.3 is 5.97 Å². The highest BCUT2D eigenvalue weighted by atomic mass is 16.5. The highest BCUT2D eigenvalue weighted by molar-refractivity contribution is 5.87. The summed E-state index contributed by atoms with van der Waals surface area (Å²) in [5.41, 5.74) is 0.284. The second-order valence-electron chi connectivity index (χ2n) is 10.7. The first-order chi connectivity index (χ1) is 13.2. The quantitative estimate of drug-likeness (QED) is 0.644. The molecular formula is C24H36O4. The molecular weight excluding hydrogens is 352 g/mol. The van der Waals surface area contributed by atoms with E-state index in [0.717, 1.165) is 44.4 Å². The van der Waals surface area contributed by atoms with Gasteiger partial charge in [-0.1, -0.05) is 13.8 Å². The number of rotatable bonds is 4. The van der Waals surface area contributed by atoms with Gasteiger partial charge in [-0.15, -0.1) is 0 Å². The monoisotopic (exact) mass is 388 g/mol. The third-order valence-corrected chi connectivity index (χ3v) is 9.31. The summed E-state index contributed by atoms with van der Waals surface area (Å²) in [6.07, 6.45) is 10.2. The van der Waals surface area contributed by atoms with E-state index in [4.69, 9.17) is 4.74 Å². The Labute approximate surface area is 169 Å². The van der Waals surface area contributed by atoms with E-state index in [2.05, 4.69) is 13.8 Å². The zero-order valence-electron chi connectivity index (χ0n) is 17.8. The molecule has 4 heteroatoms. The Morgan fingerprint density at radius 2 is 1.79 bits per heavy atom. The first-order valence-electron chi connectivity index (χ1n) is 11.5. The van der Waals surface area contributed by atoms with E-state index in [1.807, 2.05) is 0 Å². The van der Waals surface area contributed by atoms with Gasteiger partial charge in [0.1, 0.15) is 17.7 Å². The Hall–Kier alpha value is -1.19. The fraction of sp³-hybridized carbons (Fsp3) is 0.875. The molecule has 4 aliphatic carbocycles. The zero-order chi connectivity index (χ0) is 20.1. The topological polar surface area (TPSA) is 60.4 Å². The summed E-state index contributed by atoms with van der Waals surface area (Å²) < 4.78 is 5.74. The number of hydrogen-bond acceptors (Lipinski definition) is 4. The molecule has 0 aromatic heterocycles. The summed E-state index contributed by atoms with van der Waals surface area (Å²) in [6.45, 7) is 6.25. The van der Waals surface area contributed by atoms with Crippen LogP contribution in [0, 0.1) is 34.5 Å². The Kier molecular flexibility index (Phi) is 5.20. The number of esters is 1. The van der Waals surface area contributed by atoms with Crippen LogP contribution in [-0.2, 0) is 19.1 Å². The van der Waals surface area contributed by atoms with Crippen molar-refractivity contribution in [2.45, 2.75) is 97.5 Å². The molecule has 0 amide bonds. The zero-order valence-corrected chi connectivity index (χ0v) is 17.8. The average Bonchev–Trinajstić information content (AvgIpc) is 2.95. The summed E-state index contributed by atoms with van der Waals surface area (Å²) in [5, 5.41) is 0. The Morgan fingerprint density at radius 3 is 2.54 bits per heavy atom. The van der Waals surface area contributed by atoms with Gasteiger partial charge in [0.25, 0.3) is 0 Å². The molecule has 7 atom stereocenters. The molecule has 0 N–H and O–H groups in total. The van der Waals surface area contributed by atoms with Gasteiger partial charge in [-0.05, 0) is 87.4 Å². The molecule has 4 nitrogen and oxygen atoms in total. The van der Waals surface area contributed by atoms with Gasteiger partial charge in [-0.2, -0.15) is 0 Å². The van der Waals surface area contributed by atoms with Crippen LogP contribution in [0.1, 0.15) is 91.4 Å². The van der Waals surface area contributed by atoms with E-state index < -0.39 is 0 Å². The van der Waals surface area contributed by atoms with Gasteiger partial charge in [0.05, 0.1) is 6.42 Å². The van der Waals surface area contributed by atoms with Crippen LogP contribution < -0.4 is 0 Å². The molecule has 4 rings (SSSR count). The van der Waals surface area contributed by atoms with Crippen molar-refractivity contribution in [2.24, 2.45) is 34.5 Å². The molecule has 0 aliphatic heterocycles. The van der Waals surface area contributed by atoms with Gasteiger partial charge in [-0.3, -0.25) is 9.59 Å². The fourth-order valence-electron chi connectivity index (χ4n) is 7.62. The first-order valence-corrected chi connectivity index (χ1v) is 11.5. The molecule has 0 aromatic rings. The van der Waals surface area contributed by atoms with Gasteiger partial charge in [0.2, 0.25) is 0 Å². The van der Waals surface area contributed by atoms with E-state index in [-0.39, 0.29) is 36.1 Å². The highest BCUT2D eigenvalue weighted by Gasteiger charge is 2.60. The van der Waals surface area contributed by atoms with Crippen molar-refractivity contribution >= 4 is 17.5 Å². The number of ether oxygens (including phenoxy) is 1. The molecule has 0 aromatic carbocycles. The fourth-order valence-corrected chi connectivity index (χ4v) is 7.62. The maximum Gasteiger partial charge on any atom is 0.306 e. The largest absolute Gasteiger partial charge is 0.462 e. The number of hydrogen-bond donors (Lipinski definition) is 0. The molecule has 0 radical (unpaired) electrons. The standard InChI is InChI=1S/C24H36O4/c1-15(25)4-9-22(27)28-17-10-12-23(2)16(14-17)5-6-18-19-7-8-21(26)24(19,3)13-11-20(18)23/h16-20H,4-14H2,1-3H3. The van der Waals surface area contributed by atoms with Crippen LogP contribution in [0.25, 0.3) is 0 Å². The van der Waals surface area contributed by atoms with Crippen molar-refractivity contribution in [3.8, 4) is 0 Å². The highest BCUT2D eigenvalue weighted by Crippen LogP contribution is 2.65. The van der Waals surface area contributed by atoms with Crippen molar-refractivity contribution < 1.29 is 19.1 Å². The average molecular weight is 389 g/mol. The van der Waals surface area contributed by atoms with E-state index in [9.17, 15) is 14.4 Å². The minimum atomic E-state index is -0.213. The lowest BCUT2D eigenvalue weighted by molar-refractivity contribution is -0.162. The van der Waals surface area contributed by atoms with Crippen molar-refractivity contribution in [1.82, 2.24) is 0 Å². The second kappa shape index (κ2) is 7.25. The SMILES string of the molecule is CC(=O)CCC(=O)OC1CCC2(C)C(CCC3C4CCC(=O)C4(C)CCC32)C1. The maximum atomic E-state index is 12.5. The lowest BCUT2D eigenvalue weighted by atomic mass is 9.45. The van der Waals surface area contributed by atoms with Gasteiger partial charge in [-0.25, -0.2) is 0 Å². The number of Topliss-reactive ketones (excluding diaryl/α,β-unsaturated/α-hetero) is 2. The van der Waals surface area contributed by atoms with Gasteiger partial charge < -0.3 is 9.53 Å². The number of carbonyl (C=O) groups is 3. The second-order valence-corrected chi connectivity index (χ2v) is 10.7. The van der Waals surface area contributed by atoms with Crippen LogP contribution in [0.5, 0.6) is 0 Å². The van der Waals surface area contributed by atoms with Crippen LogP contribution in [0.4, 0.5) is 0 Å². The Morgan fingerprint density at radius 1 is 1.00 bits per heavy atom. The van der Waals surface area contributed by atoms with E-state index in [1.54, 1.807) is 0 Å². The third-order valence-electron chi connectivity index (χ3n) is 9.31. The Balaban J connectivity index is 1.41. The summed E-state index contributed by atoms with van der Waals surface area (Å²) in [6, 6.07) is 0. The summed E-state index contributed by atoms with van der Waals surface area (Å²) in [5.74, 6) is 3.00. The minimum Gasteiger partial charge on any atom is -0.462 e. The van der Waals surface area contributed by atoms with E-state index >= 15 is 0 Å². The van der Waals surface area contributed by atoms with Crippen LogP contribution in [0.3, 0.4) is 0 Å². The maximum absolute atomic E-state index is 12.5. The van der Waals surface area contributed by atoms with Crippen molar-refractivity contribution in [3.05, 3.63) is 0 Å². The summed E-state index contributed by atoms with van der Waals surface area (Å²) >= 11 is 0. The number of fused-ring (bicyclic) bond motifs is 5. The molecule has 28 heavy (non-hydrogen) atoms. The minimum absolute atomic E-state index is 0.0241. The molecule has 156 valence electrons. The molecule has 4 aliphatic rings. The van der Waals surface area contributed by atoms with Crippen LogP contribution >= 0.6 is 0 Å². The molecule has 0 saturated heterocycles. The predicted molar refractivity (Wildman–Crippen MR) is 107 cm³/mol. The normalized spacial score (nSPS) is 45.0. The van der Waals surface area contributed by atoms with Crippen molar-refractivity contribution in [3.63, 3.8) is 0 Å². The van der Waals surface area contributed by atoms with Crippen LogP contribution in [0.15, 0.2) is 0 Å².